The molecule has 1 aromatic carbocycles. The van der Waals surface area contributed by atoms with Crippen molar-refractivity contribution < 1.29 is 13.5 Å². The first-order valence-corrected chi connectivity index (χ1v) is 8.99. The molecule has 7 heteroatoms. The zero-order chi connectivity index (χ0) is 14.2. The quantitative estimate of drug-likeness (QED) is 0.830. The second-order valence-electron chi connectivity index (χ2n) is 4.63. The summed E-state index contributed by atoms with van der Waals surface area (Å²) in [5.41, 5.74) is 0.964. The third-order valence-corrected chi connectivity index (χ3v) is 7.10. The normalized spacial score (nSPS) is 20.9. The summed E-state index contributed by atoms with van der Waals surface area (Å²) >= 11 is 6.68. The molecule has 1 atom stereocenters. The van der Waals surface area contributed by atoms with Crippen LogP contribution in [0.5, 0.6) is 0 Å². The summed E-state index contributed by atoms with van der Waals surface area (Å²) in [5.74, 6) is 0. The van der Waals surface area contributed by atoms with Gasteiger partial charge in [-0.15, -0.1) is 0 Å². The Labute approximate surface area is 130 Å². The van der Waals surface area contributed by atoms with Gasteiger partial charge in [0.05, 0.1) is 11.5 Å². The highest BCUT2D eigenvalue weighted by Crippen LogP contribution is 2.33. The summed E-state index contributed by atoms with van der Waals surface area (Å²) in [6, 6.07) is 3.08. The van der Waals surface area contributed by atoms with Crippen LogP contribution < -0.4 is 0 Å². The van der Waals surface area contributed by atoms with Gasteiger partial charge in [-0.05, 0) is 53.4 Å². The Bertz CT molecular complexity index is 589. The molecule has 0 saturated carbocycles. The molecule has 0 aliphatic carbocycles. The monoisotopic (exact) mass is 411 g/mol. The minimum Gasteiger partial charge on any atom is -0.395 e. The zero-order valence-electron chi connectivity index (χ0n) is 10.4. The topological polar surface area (TPSA) is 57.6 Å². The highest BCUT2D eigenvalue weighted by molar-refractivity contribution is 9.11. The van der Waals surface area contributed by atoms with Crippen molar-refractivity contribution in [1.29, 1.82) is 0 Å². The number of rotatable bonds is 3. The molecular formula is C12H15Br2NO3S. The Kier molecular flexibility index (Phi) is 4.72. The molecule has 0 spiro atoms. The van der Waals surface area contributed by atoms with E-state index in [9.17, 15) is 13.5 Å². The van der Waals surface area contributed by atoms with E-state index in [2.05, 4.69) is 31.9 Å². The number of hydrogen-bond acceptors (Lipinski definition) is 3. The summed E-state index contributed by atoms with van der Waals surface area (Å²) in [7, 11) is -3.57. The number of nitrogens with zero attached hydrogens (tertiary/aromatic N) is 1. The second kappa shape index (κ2) is 5.81. The fourth-order valence-electron chi connectivity index (χ4n) is 2.26. The fourth-order valence-corrected chi connectivity index (χ4v) is 5.59. The molecule has 1 heterocycles. The van der Waals surface area contributed by atoms with Crippen LogP contribution in [0.2, 0.25) is 0 Å². The molecule has 0 aromatic heterocycles. The van der Waals surface area contributed by atoms with Crippen LogP contribution in [-0.4, -0.2) is 37.0 Å². The van der Waals surface area contributed by atoms with Crippen molar-refractivity contribution in [2.75, 3.05) is 13.2 Å². The van der Waals surface area contributed by atoms with Crippen LogP contribution in [0.15, 0.2) is 26.0 Å². The third-order valence-electron chi connectivity index (χ3n) is 3.33. The van der Waals surface area contributed by atoms with Gasteiger partial charge in [0.2, 0.25) is 10.0 Å². The van der Waals surface area contributed by atoms with Gasteiger partial charge in [0.15, 0.2) is 0 Å². The van der Waals surface area contributed by atoms with Gasteiger partial charge in [0.1, 0.15) is 0 Å². The van der Waals surface area contributed by atoms with Gasteiger partial charge < -0.3 is 5.11 Å². The Morgan fingerprint density at radius 1 is 1.37 bits per heavy atom. The van der Waals surface area contributed by atoms with Crippen LogP contribution in [0, 0.1) is 6.92 Å². The fraction of sp³-hybridized carbons (Fsp3) is 0.500. The average molecular weight is 413 g/mol. The predicted molar refractivity (Wildman–Crippen MR) is 80.6 cm³/mol. The van der Waals surface area contributed by atoms with E-state index in [0.29, 0.717) is 17.4 Å². The molecule has 1 N–H and O–H groups in total. The van der Waals surface area contributed by atoms with Crippen molar-refractivity contribution in [3.05, 3.63) is 26.6 Å². The number of sulfonamides is 1. The van der Waals surface area contributed by atoms with Crippen LogP contribution in [0.25, 0.3) is 0 Å². The van der Waals surface area contributed by atoms with Crippen molar-refractivity contribution in [2.24, 2.45) is 0 Å². The molecule has 0 bridgehead atoms. The number of benzene rings is 1. The molecule has 106 valence electrons. The Hall–Kier alpha value is 0.0500. The molecule has 1 aromatic rings. The van der Waals surface area contributed by atoms with Gasteiger partial charge in [0.25, 0.3) is 0 Å². The van der Waals surface area contributed by atoms with Crippen molar-refractivity contribution in [1.82, 2.24) is 4.31 Å². The summed E-state index contributed by atoms with van der Waals surface area (Å²) < 4.78 is 28.0. The zero-order valence-corrected chi connectivity index (χ0v) is 14.4. The highest BCUT2D eigenvalue weighted by Gasteiger charge is 2.36. The van der Waals surface area contributed by atoms with Crippen LogP contribution in [0.1, 0.15) is 18.4 Å². The number of hydrogen-bond donors (Lipinski definition) is 1. The van der Waals surface area contributed by atoms with E-state index in [-0.39, 0.29) is 17.5 Å². The summed E-state index contributed by atoms with van der Waals surface area (Å²) in [6.45, 7) is 2.23. The number of halogens is 2. The van der Waals surface area contributed by atoms with Crippen LogP contribution in [0.3, 0.4) is 0 Å². The van der Waals surface area contributed by atoms with Gasteiger partial charge in [-0.25, -0.2) is 8.42 Å². The standard InChI is InChI=1S/C12H15Br2NO3S/c1-8-5-11(14)12(6-10(8)13)19(17,18)15-4-2-3-9(15)7-16/h5-6,9,16H,2-4,7H2,1H3/t9-/m0/s1. The molecule has 4 nitrogen and oxygen atoms in total. The van der Waals surface area contributed by atoms with Gasteiger partial charge in [0, 0.05) is 21.5 Å². The van der Waals surface area contributed by atoms with Gasteiger partial charge in [-0.2, -0.15) is 4.31 Å². The van der Waals surface area contributed by atoms with Crippen molar-refractivity contribution >= 4 is 41.9 Å². The van der Waals surface area contributed by atoms with E-state index in [1.54, 1.807) is 12.1 Å². The van der Waals surface area contributed by atoms with Crippen LogP contribution in [-0.2, 0) is 10.0 Å². The maximum Gasteiger partial charge on any atom is 0.244 e. The highest BCUT2D eigenvalue weighted by atomic mass is 79.9. The largest absolute Gasteiger partial charge is 0.395 e. The molecule has 1 aliphatic rings. The molecule has 0 radical (unpaired) electrons. The second-order valence-corrected chi connectivity index (χ2v) is 8.19. The van der Waals surface area contributed by atoms with Crippen LogP contribution in [0.4, 0.5) is 0 Å². The summed E-state index contributed by atoms with van der Waals surface area (Å²) in [5, 5.41) is 9.29. The van der Waals surface area contributed by atoms with E-state index in [1.165, 1.54) is 4.31 Å². The van der Waals surface area contributed by atoms with Crippen molar-refractivity contribution in [3.63, 3.8) is 0 Å². The SMILES string of the molecule is Cc1cc(Br)c(S(=O)(=O)N2CCC[C@H]2CO)cc1Br. The third kappa shape index (κ3) is 2.90. The van der Waals surface area contributed by atoms with Crippen molar-refractivity contribution in [2.45, 2.75) is 30.7 Å². The maximum atomic E-state index is 12.7. The Morgan fingerprint density at radius 3 is 2.68 bits per heavy atom. The lowest BCUT2D eigenvalue weighted by Gasteiger charge is -2.23. The molecule has 1 saturated heterocycles. The number of aliphatic hydroxyl groups is 1. The van der Waals surface area contributed by atoms with E-state index in [4.69, 9.17) is 0 Å². The van der Waals surface area contributed by atoms with E-state index in [0.717, 1.165) is 16.5 Å². The molecule has 19 heavy (non-hydrogen) atoms. The van der Waals surface area contributed by atoms with E-state index in [1.807, 2.05) is 6.92 Å². The minimum absolute atomic E-state index is 0.135. The van der Waals surface area contributed by atoms with Crippen LogP contribution >= 0.6 is 31.9 Å². The number of aliphatic hydroxyl groups excluding tert-OH is 1. The molecule has 0 amide bonds. The minimum atomic E-state index is -3.57. The smallest absolute Gasteiger partial charge is 0.244 e. The summed E-state index contributed by atoms with van der Waals surface area (Å²) in [6.07, 6.45) is 1.50. The Morgan fingerprint density at radius 2 is 2.05 bits per heavy atom. The molecule has 2 rings (SSSR count). The predicted octanol–water partition coefficient (Wildman–Crippen LogP) is 2.67. The first-order chi connectivity index (χ1) is 8.87. The molecule has 0 unspecified atom stereocenters. The van der Waals surface area contributed by atoms with Gasteiger partial charge in [-0.3, -0.25) is 0 Å². The number of aryl methyl sites for hydroxylation is 1. The Balaban J connectivity index is 2.48. The lowest BCUT2D eigenvalue weighted by atomic mass is 10.2. The summed E-state index contributed by atoms with van der Waals surface area (Å²) in [4.78, 5) is 0.241. The van der Waals surface area contributed by atoms with E-state index >= 15 is 0 Å². The van der Waals surface area contributed by atoms with E-state index < -0.39 is 10.0 Å². The molecule has 1 fully saturated rings. The molecular weight excluding hydrogens is 398 g/mol. The van der Waals surface area contributed by atoms with Gasteiger partial charge >= 0.3 is 0 Å². The maximum absolute atomic E-state index is 12.7. The lowest BCUT2D eigenvalue weighted by molar-refractivity contribution is 0.213. The lowest BCUT2D eigenvalue weighted by Crippen LogP contribution is -2.37. The van der Waals surface area contributed by atoms with Gasteiger partial charge in [-0.1, -0.05) is 15.9 Å². The first-order valence-electron chi connectivity index (χ1n) is 5.96. The average Bonchev–Trinajstić information content (AvgIpc) is 2.82. The molecule has 1 aliphatic heterocycles. The van der Waals surface area contributed by atoms with Crippen molar-refractivity contribution in [3.8, 4) is 0 Å². The first kappa shape index (κ1) is 15.4.